The van der Waals surface area contributed by atoms with Crippen LogP contribution in [0.5, 0.6) is 0 Å². The van der Waals surface area contributed by atoms with E-state index in [1.807, 2.05) is 59.3 Å². The highest BCUT2D eigenvalue weighted by Gasteiger charge is 2.15. The van der Waals surface area contributed by atoms with Crippen LogP contribution in [0.4, 0.5) is 0 Å². The highest BCUT2D eigenvalue weighted by molar-refractivity contribution is 5.71. The predicted octanol–water partition coefficient (Wildman–Crippen LogP) is 5.68. The van der Waals surface area contributed by atoms with Gasteiger partial charge >= 0.3 is 6.15 Å². The van der Waals surface area contributed by atoms with Crippen molar-refractivity contribution in [2.75, 3.05) is 0 Å². The van der Waals surface area contributed by atoms with Gasteiger partial charge in [-0.1, -0.05) is 97.1 Å². The van der Waals surface area contributed by atoms with Crippen molar-refractivity contribution in [3.8, 4) is 39.6 Å². The van der Waals surface area contributed by atoms with Crippen molar-refractivity contribution < 1.29 is 9.59 Å². The molecule has 0 fully saturated rings. The smallest absolute Gasteiger partial charge is 0.213 e. The Kier molecular flexibility index (Phi) is 6.42. The SMILES string of the molecule is O=C=O.c1ccc(-c2cccc(-c3nc(-c4ccccc4)n(-c4ccccc4)n3)c2)cc1. The summed E-state index contributed by atoms with van der Waals surface area (Å²) in [7, 11) is 0. The molecular weight excluding hydrogens is 398 g/mol. The van der Waals surface area contributed by atoms with Crippen molar-refractivity contribution in [3.63, 3.8) is 0 Å². The Bertz CT molecular complexity index is 1270. The van der Waals surface area contributed by atoms with Gasteiger partial charge in [0, 0.05) is 11.1 Å². The molecule has 0 bridgehead atoms. The standard InChI is InChI=1S/C26H19N3.CO2/c1-4-11-20(12-5-1)22-15-10-16-23(19-22)25-27-26(21-13-6-2-7-14-21)29(28-25)24-17-8-3-9-18-24;2-1-3/h1-19H;. The minimum atomic E-state index is 0.250. The van der Waals surface area contributed by atoms with Gasteiger partial charge in [0.15, 0.2) is 11.6 Å². The lowest BCUT2D eigenvalue weighted by Crippen LogP contribution is -1.99. The second-order valence-corrected chi connectivity index (χ2v) is 6.90. The molecule has 5 rings (SSSR count). The van der Waals surface area contributed by atoms with E-state index in [1.165, 1.54) is 5.56 Å². The quantitative estimate of drug-likeness (QED) is 0.377. The van der Waals surface area contributed by atoms with Crippen LogP contribution in [-0.4, -0.2) is 20.9 Å². The molecule has 0 spiro atoms. The summed E-state index contributed by atoms with van der Waals surface area (Å²) < 4.78 is 1.92. The molecule has 0 saturated heterocycles. The second-order valence-electron chi connectivity index (χ2n) is 6.90. The van der Waals surface area contributed by atoms with Crippen molar-refractivity contribution in [3.05, 3.63) is 115 Å². The third kappa shape index (κ3) is 4.59. The molecule has 0 amide bonds. The minimum absolute atomic E-state index is 0.250. The third-order valence-electron chi connectivity index (χ3n) is 4.87. The van der Waals surface area contributed by atoms with Crippen LogP contribution in [0.3, 0.4) is 0 Å². The lowest BCUT2D eigenvalue weighted by molar-refractivity contribution is -0.191. The fraction of sp³-hybridized carbons (Fsp3) is 0. The minimum Gasteiger partial charge on any atom is -0.213 e. The van der Waals surface area contributed by atoms with E-state index < -0.39 is 0 Å². The van der Waals surface area contributed by atoms with Gasteiger partial charge < -0.3 is 0 Å². The summed E-state index contributed by atoms with van der Waals surface area (Å²) in [5.74, 6) is 1.54. The van der Waals surface area contributed by atoms with Gasteiger partial charge in [-0.2, -0.15) is 9.59 Å². The lowest BCUT2D eigenvalue weighted by Gasteiger charge is -2.05. The fourth-order valence-electron chi connectivity index (χ4n) is 3.43. The fourth-order valence-corrected chi connectivity index (χ4v) is 3.43. The van der Waals surface area contributed by atoms with Crippen LogP contribution in [0.1, 0.15) is 0 Å². The zero-order valence-corrected chi connectivity index (χ0v) is 17.1. The van der Waals surface area contributed by atoms with E-state index >= 15 is 0 Å². The average Bonchev–Trinajstić information content (AvgIpc) is 3.32. The summed E-state index contributed by atoms with van der Waals surface area (Å²) in [6, 6.07) is 39.1. The maximum atomic E-state index is 8.12. The highest BCUT2D eigenvalue weighted by Crippen LogP contribution is 2.28. The molecule has 4 aromatic carbocycles. The van der Waals surface area contributed by atoms with Crippen molar-refractivity contribution >= 4 is 6.15 Å². The molecule has 0 saturated carbocycles. The largest absolute Gasteiger partial charge is 0.373 e. The Labute approximate surface area is 185 Å². The molecule has 5 heteroatoms. The van der Waals surface area contributed by atoms with Crippen molar-refractivity contribution in [1.82, 2.24) is 14.8 Å². The third-order valence-corrected chi connectivity index (χ3v) is 4.87. The summed E-state index contributed by atoms with van der Waals surface area (Å²) in [6.45, 7) is 0. The highest BCUT2D eigenvalue weighted by atomic mass is 16.2. The Morgan fingerprint density at radius 2 is 1.06 bits per heavy atom. The molecule has 0 aliphatic carbocycles. The predicted molar refractivity (Wildman–Crippen MR) is 123 cm³/mol. The number of nitrogens with zero attached hydrogens (tertiary/aromatic N) is 3. The first-order valence-electron chi connectivity index (χ1n) is 10.0. The van der Waals surface area contributed by atoms with Crippen molar-refractivity contribution in [2.24, 2.45) is 0 Å². The van der Waals surface area contributed by atoms with Gasteiger partial charge in [-0.25, -0.2) is 9.67 Å². The molecule has 32 heavy (non-hydrogen) atoms. The van der Waals surface area contributed by atoms with E-state index in [0.717, 1.165) is 28.2 Å². The first-order valence-corrected chi connectivity index (χ1v) is 10.0. The maximum Gasteiger partial charge on any atom is 0.373 e. The van der Waals surface area contributed by atoms with Gasteiger partial charge in [0.25, 0.3) is 0 Å². The Morgan fingerprint density at radius 1 is 0.562 bits per heavy atom. The number of hydrogen-bond acceptors (Lipinski definition) is 4. The summed E-state index contributed by atoms with van der Waals surface area (Å²) in [5.41, 5.74) is 5.36. The molecule has 1 aromatic heterocycles. The zero-order valence-electron chi connectivity index (χ0n) is 17.1. The van der Waals surface area contributed by atoms with E-state index in [1.54, 1.807) is 0 Å². The van der Waals surface area contributed by atoms with E-state index in [-0.39, 0.29) is 6.15 Å². The van der Waals surface area contributed by atoms with Gasteiger partial charge in [-0.15, -0.1) is 5.10 Å². The van der Waals surface area contributed by atoms with Crippen molar-refractivity contribution in [1.29, 1.82) is 0 Å². The molecule has 154 valence electrons. The molecule has 0 aliphatic rings. The van der Waals surface area contributed by atoms with Gasteiger partial charge in [0.1, 0.15) is 0 Å². The first kappa shape index (κ1) is 20.7. The zero-order chi connectivity index (χ0) is 22.2. The number of para-hydroxylation sites is 1. The van der Waals surface area contributed by atoms with E-state index in [4.69, 9.17) is 19.7 Å². The van der Waals surface area contributed by atoms with Gasteiger partial charge in [-0.05, 0) is 29.3 Å². The summed E-state index contributed by atoms with van der Waals surface area (Å²) >= 11 is 0. The second kappa shape index (κ2) is 9.94. The molecule has 1 heterocycles. The number of benzene rings is 4. The molecule has 0 atom stereocenters. The van der Waals surface area contributed by atoms with Crippen LogP contribution < -0.4 is 0 Å². The molecule has 0 aliphatic heterocycles. The Balaban J connectivity index is 0.000000775. The van der Waals surface area contributed by atoms with E-state index in [9.17, 15) is 0 Å². The van der Waals surface area contributed by atoms with Crippen LogP contribution in [0, 0.1) is 0 Å². The normalized spacial score (nSPS) is 10.0. The van der Waals surface area contributed by atoms with Gasteiger partial charge in [0.05, 0.1) is 5.69 Å². The van der Waals surface area contributed by atoms with Crippen LogP contribution >= 0.6 is 0 Å². The molecule has 0 N–H and O–H groups in total. The van der Waals surface area contributed by atoms with Crippen LogP contribution in [0.15, 0.2) is 115 Å². The summed E-state index contributed by atoms with van der Waals surface area (Å²) in [4.78, 5) is 21.2. The van der Waals surface area contributed by atoms with Gasteiger partial charge in [-0.3, -0.25) is 0 Å². The maximum absolute atomic E-state index is 8.12. The van der Waals surface area contributed by atoms with E-state index in [2.05, 4.69) is 60.7 Å². The van der Waals surface area contributed by atoms with Crippen LogP contribution in [0.2, 0.25) is 0 Å². The molecule has 0 radical (unpaired) electrons. The van der Waals surface area contributed by atoms with Gasteiger partial charge in [0.2, 0.25) is 0 Å². The van der Waals surface area contributed by atoms with Crippen molar-refractivity contribution in [2.45, 2.75) is 0 Å². The first-order chi connectivity index (χ1) is 15.8. The molecule has 0 unspecified atom stereocenters. The monoisotopic (exact) mass is 417 g/mol. The molecule has 5 aromatic rings. The number of carbonyl (C=O) groups excluding carboxylic acids is 2. The summed E-state index contributed by atoms with van der Waals surface area (Å²) in [5, 5.41) is 4.87. The topological polar surface area (TPSA) is 64.8 Å². The Morgan fingerprint density at radius 3 is 1.69 bits per heavy atom. The number of hydrogen-bond donors (Lipinski definition) is 0. The number of aromatic nitrogens is 3. The summed E-state index contributed by atoms with van der Waals surface area (Å²) in [6.07, 6.45) is 0.250. The van der Waals surface area contributed by atoms with Crippen LogP contribution in [0.25, 0.3) is 39.6 Å². The van der Waals surface area contributed by atoms with Crippen LogP contribution in [-0.2, 0) is 9.59 Å². The average molecular weight is 417 g/mol. The van der Waals surface area contributed by atoms with E-state index in [0.29, 0.717) is 5.82 Å². The lowest BCUT2D eigenvalue weighted by atomic mass is 10.0. The molecule has 5 nitrogen and oxygen atoms in total. The Hall–Kier alpha value is -4.60. The molecular formula is C27H19N3O2. The number of rotatable bonds is 4.